The van der Waals surface area contributed by atoms with Crippen LogP contribution in [0, 0.1) is 11.3 Å². The Morgan fingerprint density at radius 2 is 1.90 bits per heavy atom. The molecule has 0 saturated carbocycles. The number of carbonyl (C=O) groups excluding carboxylic acids is 1. The predicted molar refractivity (Wildman–Crippen MR) is 117 cm³/mol. The van der Waals surface area contributed by atoms with Crippen molar-refractivity contribution < 1.29 is 17.9 Å². The number of benzene rings is 2. The Kier molecular flexibility index (Phi) is 7.34. The molecule has 1 amide bonds. The number of hydrogen-bond acceptors (Lipinski definition) is 5. The van der Waals surface area contributed by atoms with Gasteiger partial charge in [0.25, 0.3) is 0 Å². The van der Waals surface area contributed by atoms with Gasteiger partial charge in [-0.15, -0.1) is 0 Å². The van der Waals surface area contributed by atoms with Crippen LogP contribution >= 0.6 is 11.6 Å². The fourth-order valence-corrected chi connectivity index (χ4v) is 4.96. The van der Waals surface area contributed by atoms with E-state index in [2.05, 4.69) is 5.32 Å². The molecule has 1 aliphatic heterocycles. The lowest BCUT2D eigenvalue weighted by atomic mass is 9.74. The van der Waals surface area contributed by atoms with Crippen LogP contribution < -0.4 is 5.32 Å². The summed E-state index contributed by atoms with van der Waals surface area (Å²) in [7, 11) is -2.49. The Morgan fingerprint density at radius 3 is 2.52 bits per heavy atom. The number of sulfonamides is 1. The second-order valence-electron chi connectivity index (χ2n) is 7.58. The predicted octanol–water partition coefficient (Wildman–Crippen LogP) is 2.70. The van der Waals surface area contributed by atoms with Crippen molar-refractivity contribution in [1.82, 2.24) is 9.62 Å². The van der Waals surface area contributed by atoms with E-state index in [4.69, 9.17) is 21.6 Å². The largest absolute Gasteiger partial charge is 0.381 e. The van der Waals surface area contributed by atoms with E-state index in [9.17, 15) is 13.2 Å². The Bertz CT molecular complexity index is 1070. The maximum absolute atomic E-state index is 12.7. The molecule has 7 nitrogen and oxygen atoms in total. The van der Waals surface area contributed by atoms with E-state index in [1.165, 1.54) is 31.3 Å². The molecule has 1 heterocycles. The van der Waals surface area contributed by atoms with Crippen LogP contribution in [-0.2, 0) is 25.0 Å². The van der Waals surface area contributed by atoms with Gasteiger partial charge in [-0.2, -0.15) is 9.57 Å². The molecule has 0 unspecified atom stereocenters. The quantitative estimate of drug-likeness (QED) is 0.683. The highest BCUT2D eigenvalue weighted by atomic mass is 35.5. The smallest absolute Gasteiger partial charge is 0.243 e. The third-order valence-corrected chi connectivity index (χ3v) is 7.62. The molecule has 2 aromatic rings. The van der Waals surface area contributed by atoms with Crippen LogP contribution in [0.2, 0.25) is 5.02 Å². The van der Waals surface area contributed by atoms with Gasteiger partial charge in [-0.05, 0) is 54.8 Å². The van der Waals surface area contributed by atoms with E-state index in [0.717, 1.165) is 22.7 Å². The number of ether oxygens (including phenoxy) is 1. The van der Waals surface area contributed by atoms with Crippen molar-refractivity contribution in [2.45, 2.75) is 23.2 Å². The van der Waals surface area contributed by atoms with Gasteiger partial charge in [0, 0.05) is 37.2 Å². The molecule has 0 spiro atoms. The molecule has 0 bridgehead atoms. The van der Waals surface area contributed by atoms with Crippen LogP contribution in [-0.4, -0.2) is 52.0 Å². The molecule has 31 heavy (non-hydrogen) atoms. The minimum absolute atomic E-state index is 0.0293. The van der Waals surface area contributed by atoms with Gasteiger partial charge in [0.05, 0.1) is 23.1 Å². The zero-order valence-electron chi connectivity index (χ0n) is 17.2. The molecular formula is C22H24ClN3O4S. The number of rotatable bonds is 7. The zero-order chi connectivity index (χ0) is 22.5. The molecular weight excluding hydrogens is 438 g/mol. The van der Waals surface area contributed by atoms with Gasteiger partial charge in [-0.1, -0.05) is 23.7 Å². The number of halogens is 1. The van der Waals surface area contributed by atoms with Crippen LogP contribution in [0.15, 0.2) is 53.4 Å². The van der Waals surface area contributed by atoms with E-state index in [0.29, 0.717) is 30.3 Å². The highest BCUT2D eigenvalue weighted by Gasteiger charge is 2.35. The summed E-state index contributed by atoms with van der Waals surface area (Å²) in [6.45, 7) is 1.20. The first-order valence-corrected chi connectivity index (χ1v) is 11.7. The summed E-state index contributed by atoms with van der Waals surface area (Å²) in [6, 6.07) is 15.1. The molecule has 1 saturated heterocycles. The van der Waals surface area contributed by atoms with Crippen molar-refractivity contribution >= 4 is 27.5 Å². The van der Waals surface area contributed by atoms with Gasteiger partial charge in [0.2, 0.25) is 15.9 Å². The second-order valence-corrected chi connectivity index (χ2v) is 10.1. The molecule has 1 aliphatic rings. The second kappa shape index (κ2) is 9.79. The topological polar surface area (TPSA) is 99.5 Å². The fraction of sp³-hybridized carbons (Fsp3) is 0.364. The van der Waals surface area contributed by atoms with Crippen LogP contribution in [0.3, 0.4) is 0 Å². The number of nitriles is 1. The lowest BCUT2D eigenvalue weighted by Crippen LogP contribution is -2.47. The summed E-state index contributed by atoms with van der Waals surface area (Å²) in [6.07, 6.45) is 1.46. The maximum atomic E-state index is 12.7. The number of amides is 1. The molecule has 0 aliphatic carbocycles. The molecule has 9 heteroatoms. The van der Waals surface area contributed by atoms with Gasteiger partial charge in [-0.3, -0.25) is 4.79 Å². The summed E-state index contributed by atoms with van der Waals surface area (Å²) in [5.74, 6) is -0.396. The monoisotopic (exact) mass is 461 g/mol. The van der Waals surface area contributed by atoms with Crippen molar-refractivity contribution in [1.29, 1.82) is 5.26 Å². The van der Waals surface area contributed by atoms with Gasteiger partial charge < -0.3 is 10.1 Å². The van der Waals surface area contributed by atoms with Crippen molar-refractivity contribution in [3.63, 3.8) is 0 Å². The molecule has 1 N–H and O–H groups in total. The average molecular weight is 462 g/mol. The molecule has 164 valence electrons. The molecule has 0 atom stereocenters. The number of hydrogen-bond donors (Lipinski definition) is 1. The number of likely N-dealkylation sites (N-methyl/N-ethyl adjacent to an activating group) is 1. The van der Waals surface area contributed by atoms with E-state index < -0.39 is 15.9 Å². The number of nitrogens with one attached hydrogen (secondary N) is 1. The number of carbonyl (C=O) groups is 1. The molecule has 0 radical (unpaired) electrons. The summed E-state index contributed by atoms with van der Waals surface area (Å²) in [5.41, 5.74) is 1.08. The van der Waals surface area contributed by atoms with E-state index in [1.807, 2.05) is 24.3 Å². The first-order valence-electron chi connectivity index (χ1n) is 9.84. The Labute approximate surface area is 187 Å². The number of nitrogens with zero attached hydrogens (tertiary/aromatic N) is 2. The molecule has 1 fully saturated rings. The first-order chi connectivity index (χ1) is 14.8. The van der Waals surface area contributed by atoms with E-state index >= 15 is 0 Å². The third-order valence-electron chi connectivity index (χ3n) is 5.57. The van der Waals surface area contributed by atoms with Crippen molar-refractivity contribution in [2.24, 2.45) is 0 Å². The van der Waals surface area contributed by atoms with Crippen LogP contribution in [0.1, 0.15) is 24.0 Å². The summed E-state index contributed by atoms with van der Waals surface area (Å²) in [4.78, 5) is 12.6. The minimum Gasteiger partial charge on any atom is -0.381 e. The highest BCUT2D eigenvalue weighted by Crippen LogP contribution is 2.35. The Morgan fingerprint density at radius 1 is 1.23 bits per heavy atom. The third kappa shape index (κ3) is 5.43. The fourth-order valence-electron chi connectivity index (χ4n) is 3.64. The van der Waals surface area contributed by atoms with Crippen molar-refractivity contribution in [3.8, 4) is 6.07 Å². The van der Waals surface area contributed by atoms with Gasteiger partial charge in [0.15, 0.2) is 0 Å². The SMILES string of the molecule is CN(CC(=O)NCC1(c2cccc(Cl)c2)CCOCC1)S(=O)(=O)c1ccc(C#N)cc1. The Balaban J connectivity index is 1.68. The first kappa shape index (κ1) is 23.2. The van der Waals surface area contributed by atoms with Crippen LogP contribution in [0.4, 0.5) is 0 Å². The van der Waals surface area contributed by atoms with Gasteiger partial charge in [0.1, 0.15) is 0 Å². The summed E-state index contributed by atoms with van der Waals surface area (Å²) >= 11 is 6.18. The minimum atomic E-state index is -3.85. The van der Waals surface area contributed by atoms with Gasteiger partial charge >= 0.3 is 0 Å². The Hall–Kier alpha value is -2.44. The molecule has 0 aromatic heterocycles. The molecule has 3 rings (SSSR count). The standard InChI is InChI=1S/C22H24ClN3O4S/c1-26(31(28,29)20-7-5-17(14-24)6-8-20)15-21(27)25-16-22(9-11-30-12-10-22)18-3-2-4-19(23)13-18/h2-8,13H,9-12,15-16H2,1H3,(H,25,27). The molecule has 2 aromatic carbocycles. The summed E-state index contributed by atoms with van der Waals surface area (Å²) < 4.78 is 32.0. The lowest BCUT2D eigenvalue weighted by molar-refractivity contribution is -0.121. The van der Waals surface area contributed by atoms with Crippen molar-refractivity contribution in [3.05, 3.63) is 64.7 Å². The highest BCUT2D eigenvalue weighted by molar-refractivity contribution is 7.89. The normalized spacial score (nSPS) is 15.9. The lowest BCUT2D eigenvalue weighted by Gasteiger charge is -2.38. The van der Waals surface area contributed by atoms with Crippen LogP contribution in [0.5, 0.6) is 0 Å². The van der Waals surface area contributed by atoms with Crippen molar-refractivity contribution in [2.75, 3.05) is 33.4 Å². The summed E-state index contributed by atoms with van der Waals surface area (Å²) in [5, 5.41) is 12.4. The maximum Gasteiger partial charge on any atom is 0.243 e. The average Bonchev–Trinajstić information content (AvgIpc) is 2.78. The zero-order valence-corrected chi connectivity index (χ0v) is 18.7. The van der Waals surface area contributed by atoms with E-state index in [1.54, 1.807) is 6.07 Å². The van der Waals surface area contributed by atoms with Crippen LogP contribution in [0.25, 0.3) is 0 Å². The van der Waals surface area contributed by atoms with Gasteiger partial charge in [-0.25, -0.2) is 8.42 Å². The van der Waals surface area contributed by atoms with E-state index in [-0.39, 0.29) is 16.9 Å².